The van der Waals surface area contributed by atoms with Gasteiger partial charge in [-0.3, -0.25) is 4.99 Å². The smallest absolute Gasteiger partial charge is 0.0664 e. The lowest BCUT2D eigenvalue weighted by atomic mass is 9.78. The van der Waals surface area contributed by atoms with Crippen LogP contribution < -0.4 is 5.73 Å². The van der Waals surface area contributed by atoms with Crippen molar-refractivity contribution in [2.75, 3.05) is 7.05 Å². The summed E-state index contributed by atoms with van der Waals surface area (Å²) in [6, 6.07) is 13.7. The van der Waals surface area contributed by atoms with Gasteiger partial charge in [-0.15, -0.1) is 0 Å². The van der Waals surface area contributed by atoms with E-state index in [0.29, 0.717) is 0 Å². The molecule has 0 saturated carbocycles. The van der Waals surface area contributed by atoms with Crippen LogP contribution in [0.3, 0.4) is 0 Å². The number of rotatable bonds is 3. The molecule has 2 nitrogen and oxygen atoms in total. The molecule has 0 aliphatic rings. The zero-order chi connectivity index (χ0) is 26.3. The van der Waals surface area contributed by atoms with Gasteiger partial charge in [0.2, 0.25) is 0 Å². The molecule has 2 N–H and O–H groups in total. The minimum Gasteiger partial charge on any atom is -0.398 e. The van der Waals surface area contributed by atoms with Gasteiger partial charge in [-0.25, -0.2) is 0 Å². The number of benzene rings is 2. The van der Waals surface area contributed by atoms with E-state index in [1.807, 2.05) is 13.1 Å². The first-order chi connectivity index (χ1) is 15.2. The van der Waals surface area contributed by atoms with E-state index in [1.54, 1.807) is 0 Å². The van der Waals surface area contributed by atoms with Gasteiger partial charge in [0.05, 0.1) is 5.71 Å². The highest BCUT2D eigenvalue weighted by Gasteiger charge is 2.23. The second kappa shape index (κ2) is 9.36. The molecule has 2 rings (SSSR count). The molecule has 0 saturated heterocycles. The number of allylic oxidation sites excluding steroid dienone is 1. The number of nitrogens with two attached hydrogens (primary N) is 1. The molecule has 2 heteroatoms. The van der Waals surface area contributed by atoms with Crippen molar-refractivity contribution in [2.45, 2.75) is 105 Å². The molecular weight excluding hydrogens is 412 g/mol. The number of hydrogen-bond acceptors (Lipinski definition) is 2. The lowest BCUT2D eigenvalue weighted by molar-refractivity contribution is 0.568. The van der Waals surface area contributed by atoms with Crippen LogP contribution in [-0.2, 0) is 21.7 Å². The zero-order valence-corrected chi connectivity index (χ0v) is 24.1. The van der Waals surface area contributed by atoms with E-state index in [9.17, 15) is 0 Å². The molecule has 0 aliphatic carbocycles. The molecule has 0 unspecified atom stereocenters. The van der Waals surface area contributed by atoms with Gasteiger partial charge in [-0.05, 0) is 79.8 Å². The molecule has 0 amide bonds. The van der Waals surface area contributed by atoms with Gasteiger partial charge >= 0.3 is 0 Å². The maximum absolute atomic E-state index is 6.76. The maximum atomic E-state index is 6.76. The van der Waals surface area contributed by atoms with E-state index in [1.165, 1.54) is 22.3 Å². The summed E-state index contributed by atoms with van der Waals surface area (Å²) in [4.78, 5) is 4.67. The summed E-state index contributed by atoms with van der Waals surface area (Å²) < 4.78 is 0. The average molecular weight is 461 g/mol. The Morgan fingerprint density at radius 1 is 0.559 bits per heavy atom. The van der Waals surface area contributed by atoms with Crippen molar-refractivity contribution < 1.29 is 0 Å². The lowest BCUT2D eigenvalue weighted by Crippen LogP contribution is -2.18. The second-order valence-electron chi connectivity index (χ2n) is 13.8. The molecule has 0 fully saturated rings. The number of aliphatic imine (C=N–C) groups is 1. The molecule has 2 aromatic carbocycles. The van der Waals surface area contributed by atoms with Gasteiger partial charge in [0.15, 0.2) is 0 Å². The van der Waals surface area contributed by atoms with E-state index in [2.05, 4.69) is 124 Å². The Balaban J connectivity index is 2.70. The van der Waals surface area contributed by atoms with Gasteiger partial charge in [0, 0.05) is 18.3 Å². The van der Waals surface area contributed by atoms with Crippen LogP contribution in [0.5, 0.6) is 0 Å². The van der Waals surface area contributed by atoms with Crippen LogP contribution in [0.2, 0.25) is 0 Å². The molecule has 34 heavy (non-hydrogen) atoms. The molecule has 0 radical (unpaired) electrons. The van der Waals surface area contributed by atoms with Crippen molar-refractivity contribution in [2.24, 2.45) is 10.7 Å². The van der Waals surface area contributed by atoms with Crippen LogP contribution in [0.4, 0.5) is 0 Å². The summed E-state index contributed by atoms with van der Waals surface area (Å²) in [7, 11) is 1.85. The van der Waals surface area contributed by atoms with E-state index in [0.717, 1.165) is 22.5 Å². The molecule has 0 bridgehead atoms. The van der Waals surface area contributed by atoms with Gasteiger partial charge in [-0.2, -0.15) is 0 Å². The molecule has 0 aromatic heterocycles. The Bertz CT molecular complexity index is 1020. The van der Waals surface area contributed by atoms with Crippen molar-refractivity contribution in [1.29, 1.82) is 0 Å². The van der Waals surface area contributed by atoms with Crippen molar-refractivity contribution >= 4 is 11.4 Å². The molecule has 0 heterocycles. The molecular formula is C32H48N2. The minimum atomic E-state index is 0.0423. The van der Waals surface area contributed by atoms with E-state index >= 15 is 0 Å². The van der Waals surface area contributed by atoms with Crippen molar-refractivity contribution in [3.63, 3.8) is 0 Å². The van der Waals surface area contributed by atoms with Gasteiger partial charge in [-0.1, -0.05) is 95.2 Å². The second-order valence-corrected chi connectivity index (χ2v) is 13.8. The fourth-order valence-electron chi connectivity index (χ4n) is 3.81. The topological polar surface area (TPSA) is 38.4 Å². The fraction of sp³-hybridized carbons (Fsp3) is 0.531. The summed E-state index contributed by atoms with van der Waals surface area (Å²) >= 11 is 0. The largest absolute Gasteiger partial charge is 0.398 e. The lowest BCUT2D eigenvalue weighted by Gasteiger charge is -2.27. The normalized spacial score (nSPS) is 14.5. The fourth-order valence-corrected chi connectivity index (χ4v) is 3.81. The predicted octanol–water partition coefficient (Wildman–Crippen LogP) is 8.30. The number of hydrogen-bond donors (Lipinski definition) is 1. The Morgan fingerprint density at radius 2 is 0.853 bits per heavy atom. The van der Waals surface area contributed by atoms with Crippen LogP contribution in [0.15, 0.2) is 47.5 Å². The Kier molecular flexibility index (Phi) is 7.68. The monoisotopic (exact) mass is 460 g/mol. The third kappa shape index (κ3) is 6.84. The van der Waals surface area contributed by atoms with E-state index in [4.69, 9.17) is 5.73 Å². The van der Waals surface area contributed by atoms with Crippen LogP contribution in [0.25, 0.3) is 5.70 Å². The number of nitrogens with zero attached hydrogens (tertiary/aromatic N) is 1. The zero-order valence-electron chi connectivity index (χ0n) is 24.1. The Morgan fingerprint density at radius 3 is 1.12 bits per heavy atom. The molecule has 0 aliphatic heterocycles. The highest BCUT2D eigenvalue weighted by atomic mass is 14.7. The Hall–Kier alpha value is -2.35. The third-order valence-electron chi connectivity index (χ3n) is 6.49. The average Bonchev–Trinajstić information content (AvgIpc) is 2.68. The standard InChI is InChI=1S/C32H48N2/c1-29(2,3)23-14-21(15-24(18-23)30(4,5)6)27(33)20-28(34-13)22-16-25(31(7,8)9)19-26(17-22)32(10,11)12/h14-20H,33H2,1-13H3. The first-order valence-electron chi connectivity index (χ1n) is 12.5. The summed E-state index contributed by atoms with van der Waals surface area (Å²) in [6.45, 7) is 27.1. The van der Waals surface area contributed by atoms with Crippen molar-refractivity contribution in [1.82, 2.24) is 0 Å². The Labute approximate surface area is 209 Å². The maximum Gasteiger partial charge on any atom is 0.0664 e. The summed E-state index contributed by atoms with van der Waals surface area (Å²) in [6.07, 6.45) is 2.04. The van der Waals surface area contributed by atoms with Crippen LogP contribution in [-0.4, -0.2) is 12.8 Å². The van der Waals surface area contributed by atoms with E-state index < -0.39 is 0 Å². The van der Waals surface area contributed by atoms with Gasteiger partial charge in [0.25, 0.3) is 0 Å². The van der Waals surface area contributed by atoms with Crippen LogP contribution in [0.1, 0.15) is 116 Å². The van der Waals surface area contributed by atoms with Crippen LogP contribution >= 0.6 is 0 Å². The van der Waals surface area contributed by atoms with E-state index in [-0.39, 0.29) is 21.7 Å². The summed E-state index contributed by atoms with van der Waals surface area (Å²) in [5.41, 5.74) is 16.0. The highest BCUT2D eigenvalue weighted by molar-refractivity contribution is 6.12. The molecule has 0 spiro atoms. The molecule has 0 atom stereocenters. The first-order valence-corrected chi connectivity index (χ1v) is 12.5. The van der Waals surface area contributed by atoms with Crippen molar-refractivity contribution in [3.05, 3.63) is 75.9 Å². The third-order valence-corrected chi connectivity index (χ3v) is 6.49. The summed E-state index contributed by atoms with van der Waals surface area (Å²) in [5.74, 6) is 0. The molecule has 186 valence electrons. The van der Waals surface area contributed by atoms with Gasteiger partial charge < -0.3 is 5.73 Å². The first kappa shape index (κ1) is 27.9. The predicted molar refractivity (Wildman–Crippen MR) is 152 cm³/mol. The van der Waals surface area contributed by atoms with Crippen molar-refractivity contribution in [3.8, 4) is 0 Å². The van der Waals surface area contributed by atoms with Crippen LogP contribution in [0, 0.1) is 0 Å². The SMILES string of the molecule is CN=C(C=C(N)c1cc(C(C)(C)C)cc(C(C)(C)C)c1)c1cc(C(C)(C)C)cc(C(C)(C)C)c1. The highest BCUT2D eigenvalue weighted by Crippen LogP contribution is 2.33. The minimum absolute atomic E-state index is 0.0423. The quantitative estimate of drug-likeness (QED) is 0.460. The molecule has 2 aromatic rings. The van der Waals surface area contributed by atoms with Gasteiger partial charge in [0.1, 0.15) is 0 Å². The summed E-state index contributed by atoms with van der Waals surface area (Å²) in [5, 5.41) is 0.